The molecule has 1 N–H and O–H groups in total. The zero-order chi connectivity index (χ0) is 18.2. The van der Waals surface area contributed by atoms with Gasteiger partial charge in [-0.05, 0) is 37.8 Å². The van der Waals surface area contributed by atoms with Crippen LogP contribution < -0.4 is 5.32 Å². The van der Waals surface area contributed by atoms with Gasteiger partial charge in [0.05, 0.1) is 11.1 Å². The standard InChI is InChI=1S/C17H14Cl2N2O3S/c1-17(8-20,9-2-3-9)21-13(22)7-24-16(23)15-14(19)11-5-4-10(18)6-12(11)25-15/h4-6,9H,2-3,7H2,1H3,(H,21,22)/t17-/m0/s1. The van der Waals surface area contributed by atoms with Crippen LogP contribution in [-0.2, 0) is 9.53 Å². The van der Waals surface area contributed by atoms with Gasteiger partial charge in [-0.25, -0.2) is 4.79 Å². The third-order valence-electron chi connectivity index (χ3n) is 4.14. The van der Waals surface area contributed by atoms with E-state index < -0.39 is 24.0 Å². The number of amides is 1. The molecule has 8 heteroatoms. The smallest absolute Gasteiger partial charge is 0.350 e. The van der Waals surface area contributed by atoms with Gasteiger partial charge in [0.15, 0.2) is 6.61 Å². The maximum absolute atomic E-state index is 12.2. The number of esters is 1. The Labute approximate surface area is 158 Å². The molecule has 1 aliphatic rings. The first-order valence-electron chi connectivity index (χ1n) is 7.61. The van der Waals surface area contributed by atoms with Gasteiger partial charge in [-0.3, -0.25) is 4.79 Å². The SMILES string of the molecule is C[C@@](C#N)(NC(=O)COC(=O)c1sc2cc(Cl)ccc2c1Cl)C1CC1. The average molecular weight is 397 g/mol. The highest BCUT2D eigenvalue weighted by Gasteiger charge is 2.43. The summed E-state index contributed by atoms with van der Waals surface area (Å²) in [5, 5.41) is 13.4. The Balaban J connectivity index is 1.66. The Hall–Kier alpha value is -1.81. The number of hydrogen-bond donors (Lipinski definition) is 1. The molecule has 1 atom stereocenters. The third-order valence-corrected chi connectivity index (χ3v) is 6.01. The Morgan fingerprint density at radius 2 is 2.16 bits per heavy atom. The summed E-state index contributed by atoms with van der Waals surface area (Å²) in [4.78, 5) is 24.5. The highest BCUT2D eigenvalue weighted by molar-refractivity contribution is 7.21. The first-order valence-corrected chi connectivity index (χ1v) is 9.18. The van der Waals surface area contributed by atoms with Crippen LogP contribution in [-0.4, -0.2) is 24.0 Å². The van der Waals surface area contributed by atoms with Crippen molar-refractivity contribution in [2.24, 2.45) is 5.92 Å². The number of benzene rings is 1. The van der Waals surface area contributed by atoms with Gasteiger partial charge in [0.25, 0.3) is 5.91 Å². The van der Waals surface area contributed by atoms with E-state index in [0.717, 1.165) is 28.9 Å². The van der Waals surface area contributed by atoms with Crippen LogP contribution in [0.1, 0.15) is 29.4 Å². The molecule has 1 fully saturated rings. The third kappa shape index (κ3) is 3.74. The molecule has 1 amide bonds. The molecule has 0 saturated heterocycles. The lowest BCUT2D eigenvalue weighted by atomic mass is 9.98. The van der Waals surface area contributed by atoms with Crippen molar-refractivity contribution in [3.05, 3.63) is 33.1 Å². The Morgan fingerprint density at radius 1 is 1.44 bits per heavy atom. The summed E-state index contributed by atoms with van der Waals surface area (Å²) >= 11 is 13.3. The van der Waals surface area contributed by atoms with E-state index in [1.165, 1.54) is 0 Å². The summed E-state index contributed by atoms with van der Waals surface area (Å²) in [6.45, 7) is 1.21. The number of nitrogens with zero attached hydrogens (tertiary/aromatic N) is 1. The summed E-state index contributed by atoms with van der Waals surface area (Å²) < 4.78 is 5.82. The highest BCUT2D eigenvalue weighted by atomic mass is 35.5. The number of carbonyl (C=O) groups excluding carboxylic acids is 2. The van der Waals surface area contributed by atoms with E-state index in [2.05, 4.69) is 11.4 Å². The van der Waals surface area contributed by atoms with E-state index in [4.69, 9.17) is 27.9 Å². The summed E-state index contributed by atoms with van der Waals surface area (Å²) in [6, 6.07) is 7.25. The van der Waals surface area contributed by atoms with E-state index in [0.29, 0.717) is 10.4 Å². The minimum atomic E-state index is -0.921. The van der Waals surface area contributed by atoms with Gasteiger partial charge < -0.3 is 10.1 Å². The van der Waals surface area contributed by atoms with Gasteiger partial charge in [-0.2, -0.15) is 5.26 Å². The number of nitrogens with one attached hydrogen (secondary N) is 1. The second kappa shape index (κ2) is 6.83. The Morgan fingerprint density at radius 3 is 2.80 bits per heavy atom. The molecule has 1 aromatic carbocycles. The predicted octanol–water partition coefficient (Wildman–Crippen LogP) is 4.17. The maximum atomic E-state index is 12.2. The summed E-state index contributed by atoms with van der Waals surface area (Å²) in [5.74, 6) is -1.04. The Bertz CT molecular complexity index is 901. The van der Waals surface area contributed by atoms with E-state index in [1.807, 2.05) is 0 Å². The molecule has 1 aliphatic carbocycles. The van der Waals surface area contributed by atoms with Gasteiger partial charge in [0, 0.05) is 15.1 Å². The summed E-state index contributed by atoms with van der Waals surface area (Å²) in [6.07, 6.45) is 1.81. The Kier molecular flexibility index (Phi) is 4.92. The zero-order valence-corrected chi connectivity index (χ0v) is 15.6. The zero-order valence-electron chi connectivity index (χ0n) is 13.3. The lowest BCUT2D eigenvalue weighted by molar-refractivity contribution is -0.125. The minimum Gasteiger partial charge on any atom is -0.451 e. The van der Waals surface area contributed by atoms with Crippen LogP contribution in [0, 0.1) is 17.2 Å². The molecule has 25 heavy (non-hydrogen) atoms. The first-order chi connectivity index (χ1) is 11.8. The van der Waals surface area contributed by atoms with Gasteiger partial charge in [0.2, 0.25) is 0 Å². The number of ether oxygens (including phenoxy) is 1. The van der Waals surface area contributed by atoms with Crippen LogP contribution in [0.15, 0.2) is 18.2 Å². The molecule has 3 rings (SSSR count). The number of carbonyl (C=O) groups is 2. The fourth-order valence-corrected chi connectivity index (χ4v) is 4.25. The quantitative estimate of drug-likeness (QED) is 0.768. The number of fused-ring (bicyclic) bond motifs is 1. The van der Waals surface area contributed by atoms with Gasteiger partial charge in [-0.1, -0.05) is 29.3 Å². The second-order valence-corrected chi connectivity index (χ2v) is 7.96. The second-order valence-electron chi connectivity index (χ2n) is 6.10. The van der Waals surface area contributed by atoms with Crippen molar-refractivity contribution < 1.29 is 14.3 Å². The number of halogens is 2. The number of thiophene rings is 1. The van der Waals surface area contributed by atoms with E-state index in [1.54, 1.807) is 25.1 Å². The molecular formula is C17H14Cl2N2O3S. The van der Waals surface area contributed by atoms with Crippen molar-refractivity contribution in [1.29, 1.82) is 5.26 Å². The number of nitriles is 1. The van der Waals surface area contributed by atoms with Gasteiger partial charge >= 0.3 is 5.97 Å². The summed E-state index contributed by atoms with van der Waals surface area (Å²) in [5.41, 5.74) is -0.921. The normalized spacial score (nSPS) is 16.1. The predicted molar refractivity (Wildman–Crippen MR) is 97.0 cm³/mol. The van der Waals surface area contributed by atoms with Crippen LogP contribution in [0.4, 0.5) is 0 Å². The largest absolute Gasteiger partial charge is 0.451 e. The number of rotatable bonds is 5. The molecule has 0 bridgehead atoms. The molecular weight excluding hydrogens is 383 g/mol. The van der Waals surface area contributed by atoms with Crippen LogP contribution in [0.2, 0.25) is 10.0 Å². The molecule has 5 nitrogen and oxygen atoms in total. The number of hydrogen-bond acceptors (Lipinski definition) is 5. The van der Waals surface area contributed by atoms with Crippen LogP contribution in [0.25, 0.3) is 10.1 Å². The van der Waals surface area contributed by atoms with Crippen molar-refractivity contribution >= 4 is 56.5 Å². The maximum Gasteiger partial charge on any atom is 0.350 e. The fourth-order valence-electron chi connectivity index (χ4n) is 2.57. The van der Waals surface area contributed by atoms with E-state index in [9.17, 15) is 14.9 Å². The average Bonchev–Trinajstić information content (AvgIpc) is 3.38. The molecule has 0 unspecified atom stereocenters. The van der Waals surface area contributed by atoms with Crippen LogP contribution in [0.3, 0.4) is 0 Å². The molecule has 130 valence electrons. The van der Waals surface area contributed by atoms with Crippen molar-refractivity contribution in [1.82, 2.24) is 5.32 Å². The molecule has 0 spiro atoms. The first kappa shape index (κ1) is 18.0. The van der Waals surface area contributed by atoms with Gasteiger partial charge in [0.1, 0.15) is 10.4 Å². The van der Waals surface area contributed by atoms with Crippen molar-refractivity contribution in [2.45, 2.75) is 25.3 Å². The van der Waals surface area contributed by atoms with E-state index in [-0.39, 0.29) is 15.8 Å². The molecule has 1 saturated carbocycles. The fraction of sp³-hybridized carbons (Fsp3) is 0.353. The van der Waals surface area contributed by atoms with Crippen molar-refractivity contribution in [3.63, 3.8) is 0 Å². The lowest BCUT2D eigenvalue weighted by Gasteiger charge is -2.22. The molecule has 1 heterocycles. The molecule has 0 aliphatic heterocycles. The highest BCUT2D eigenvalue weighted by Crippen LogP contribution is 2.39. The van der Waals surface area contributed by atoms with Crippen LogP contribution >= 0.6 is 34.5 Å². The minimum absolute atomic E-state index is 0.152. The monoisotopic (exact) mass is 396 g/mol. The molecule has 2 aromatic rings. The summed E-state index contributed by atoms with van der Waals surface area (Å²) in [7, 11) is 0. The van der Waals surface area contributed by atoms with Gasteiger partial charge in [-0.15, -0.1) is 11.3 Å². The van der Waals surface area contributed by atoms with Crippen LogP contribution in [0.5, 0.6) is 0 Å². The topological polar surface area (TPSA) is 79.2 Å². The van der Waals surface area contributed by atoms with E-state index >= 15 is 0 Å². The molecule has 1 aromatic heterocycles. The lowest BCUT2D eigenvalue weighted by Crippen LogP contribution is -2.48. The van der Waals surface area contributed by atoms with Crippen molar-refractivity contribution in [3.8, 4) is 6.07 Å². The van der Waals surface area contributed by atoms with Crippen molar-refractivity contribution in [2.75, 3.05) is 6.61 Å². The molecule has 0 radical (unpaired) electrons.